The van der Waals surface area contributed by atoms with Crippen molar-refractivity contribution in [2.75, 3.05) is 0 Å². The summed E-state index contributed by atoms with van der Waals surface area (Å²) >= 11 is 0. The van der Waals surface area contributed by atoms with E-state index in [9.17, 15) is 14.7 Å². The second kappa shape index (κ2) is 3.73. The van der Waals surface area contributed by atoms with Gasteiger partial charge in [0, 0.05) is 0 Å². The molecule has 5 nitrogen and oxygen atoms in total. The maximum atomic E-state index is 11.3. The van der Waals surface area contributed by atoms with Gasteiger partial charge in [0.05, 0.1) is 5.92 Å². The summed E-state index contributed by atoms with van der Waals surface area (Å²) in [7, 11) is 0. The molecule has 2 saturated carbocycles. The molecular formula is C11H17NO4. The smallest absolute Gasteiger partial charge is 0.324 e. The third-order valence-corrected chi connectivity index (χ3v) is 4.31. The van der Waals surface area contributed by atoms with Crippen LogP contribution in [0, 0.1) is 17.8 Å². The molecule has 2 rings (SSSR count). The fourth-order valence-electron chi connectivity index (χ4n) is 3.38. The van der Waals surface area contributed by atoms with E-state index in [1.807, 2.05) is 0 Å². The molecule has 2 aliphatic carbocycles. The zero-order chi connectivity index (χ0) is 11.9. The number of carboxylic acid groups (broad SMARTS) is 2. The van der Waals surface area contributed by atoms with Gasteiger partial charge in [0.25, 0.3) is 0 Å². The van der Waals surface area contributed by atoms with Crippen LogP contribution in [0.2, 0.25) is 0 Å². The van der Waals surface area contributed by atoms with Gasteiger partial charge in [-0.15, -0.1) is 0 Å². The molecule has 0 saturated heterocycles. The number of aliphatic carboxylic acids is 2. The van der Waals surface area contributed by atoms with E-state index in [1.165, 1.54) is 0 Å². The van der Waals surface area contributed by atoms with E-state index < -0.39 is 23.4 Å². The number of rotatable bonds is 2. The molecule has 2 atom stereocenters. The lowest BCUT2D eigenvalue weighted by Crippen LogP contribution is -2.64. The van der Waals surface area contributed by atoms with Crippen LogP contribution in [0.25, 0.3) is 0 Å². The Morgan fingerprint density at radius 1 is 1.12 bits per heavy atom. The number of hydrogen-bond acceptors (Lipinski definition) is 3. The van der Waals surface area contributed by atoms with E-state index in [0.29, 0.717) is 12.8 Å². The second-order valence-electron chi connectivity index (χ2n) is 5.07. The number of nitrogens with two attached hydrogens (primary N) is 1. The SMILES string of the molecule is NC1(C(=O)O)[C@@H]2CCC[C@@H]1CC(C(=O)O)C2. The van der Waals surface area contributed by atoms with Crippen LogP contribution in [-0.4, -0.2) is 27.7 Å². The summed E-state index contributed by atoms with van der Waals surface area (Å²) in [5, 5.41) is 18.3. The molecule has 16 heavy (non-hydrogen) atoms. The third-order valence-electron chi connectivity index (χ3n) is 4.31. The average Bonchev–Trinajstić information content (AvgIpc) is 2.15. The van der Waals surface area contributed by atoms with Crippen LogP contribution >= 0.6 is 0 Å². The van der Waals surface area contributed by atoms with Gasteiger partial charge in [-0.3, -0.25) is 9.59 Å². The summed E-state index contributed by atoms with van der Waals surface area (Å²) in [5.74, 6) is -2.56. The molecule has 0 aromatic rings. The highest BCUT2D eigenvalue weighted by Crippen LogP contribution is 2.48. The summed E-state index contributed by atoms with van der Waals surface area (Å²) < 4.78 is 0. The number of hydrogen-bond donors (Lipinski definition) is 3. The van der Waals surface area contributed by atoms with E-state index in [4.69, 9.17) is 10.8 Å². The first-order valence-electron chi connectivity index (χ1n) is 5.71. The minimum absolute atomic E-state index is 0.182. The quantitative estimate of drug-likeness (QED) is 0.644. The van der Waals surface area contributed by atoms with E-state index in [1.54, 1.807) is 0 Å². The van der Waals surface area contributed by atoms with Gasteiger partial charge in [-0.2, -0.15) is 0 Å². The highest BCUT2D eigenvalue weighted by Gasteiger charge is 2.55. The Morgan fingerprint density at radius 2 is 1.62 bits per heavy atom. The number of fused-ring (bicyclic) bond motifs is 2. The molecular weight excluding hydrogens is 210 g/mol. The minimum Gasteiger partial charge on any atom is -0.481 e. The van der Waals surface area contributed by atoms with E-state index in [2.05, 4.69) is 0 Å². The molecule has 0 radical (unpaired) electrons. The molecule has 0 aromatic carbocycles. The summed E-state index contributed by atoms with van der Waals surface area (Å²) in [4.78, 5) is 22.3. The van der Waals surface area contributed by atoms with E-state index in [0.717, 1.165) is 19.3 Å². The average molecular weight is 227 g/mol. The molecule has 0 heterocycles. The predicted molar refractivity (Wildman–Crippen MR) is 55.7 cm³/mol. The van der Waals surface area contributed by atoms with Crippen LogP contribution in [-0.2, 0) is 9.59 Å². The Hall–Kier alpha value is -1.10. The van der Waals surface area contributed by atoms with Gasteiger partial charge >= 0.3 is 11.9 Å². The summed E-state index contributed by atoms with van der Waals surface area (Å²) in [5.41, 5.74) is 4.83. The first-order valence-corrected chi connectivity index (χ1v) is 5.71. The Kier molecular flexibility index (Phi) is 2.66. The summed E-state index contributed by atoms with van der Waals surface area (Å²) in [6.45, 7) is 0. The van der Waals surface area contributed by atoms with Gasteiger partial charge < -0.3 is 15.9 Å². The van der Waals surface area contributed by atoms with E-state index in [-0.39, 0.29) is 11.8 Å². The van der Waals surface area contributed by atoms with Crippen LogP contribution in [0.3, 0.4) is 0 Å². The number of carbonyl (C=O) groups is 2. The molecule has 0 unspecified atom stereocenters. The van der Waals surface area contributed by atoms with Crippen LogP contribution < -0.4 is 5.73 Å². The van der Waals surface area contributed by atoms with Crippen molar-refractivity contribution in [2.45, 2.75) is 37.6 Å². The summed E-state index contributed by atoms with van der Waals surface area (Å²) in [6, 6.07) is 0. The topological polar surface area (TPSA) is 101 Å². The Labute approximate surface area is 93.6 Å². The van der Waals surface area contributed by atoms with Gasteiger partial charge in [-0.25, -0.2) is 0 Å². The monoisotopic (exact) mass is 227 g/mol. The second-order valence-corrected chi connectivity index (χ2v) is 5.07. The third kappa shape index (κ3) is 1.50. The maximum absolute atomic E-state index is 11.3. The number of carboxylic acids is 2. The van der Waals surface area contributed by atoms with Gasteiger partial charge in [-0.1, -0.05) is 6.42 Å². The van der Waals surface area contributed by atoms with Crippen LogP contribution in [0.5, 0.6) is 0 Å². The van der Waals surface area contributed by atoms with Gasteiger partial charge in [0.15, 0.2) is 0 Å². The van der Waals surface area contributed by atoms with Crippen molar-refractivity contribution in [3.8, 4) is 0 Å². The Morgan fingerprint density at radius 3 is 2.00 bits per heavy atom. The zero-order valence-corrected chi connectivity index (χ0v) is 9.06. The van der Waals surface area contributed by atoms with Crippen LogP contribution in [0.4, 0.5) is 0 Å². The first-order chi connectivity index (χ1) is 7.46. The Bertz CT molecular complexity index is 314. The minimum atomic E-state index is -1.19. The Balaban J connectivity index is 2.26. The zero-order valence-electron chi connectivity index (χ0n) is 9.06. The van der Waals surface area contributed by atoms with Crippen LogP contribution in [0.15, 0.2) is 0 Å². The molecule has 0 aliphatic heterocycles. The maximum Gasteiger partial charge on any atom is 0.324 e. The predicted octanol–water partition coefficient (Wildman–Crippen LogP) is 0.679. The van der Waals surface area contributed by atoms with Crippen molar-refractivity contribution in [1.82, 2.24) is 0 Å². The molecule has 0 spiro atoms. The lowest BCUT2D eigenvalue weighted by molar-refractivity contribution is -0.159. The fourth-order valence-corrected chi connectivity index (χ4v) is 3.38. The van der Waals surface area contributed by atoms with Crippen molar-refractivity contribution in [3.05, 3.63) is 0 Å². The molecule has 2 bridgehead atoms. The van der Waals surface area contributed by atoms with Gasteiger partial charge in [0.1, 0.15) is 5.54 Å². The van der Waals surface area contributed by atoms with Crippen molar-refractivity contribution < 1.29 is 19.8 Å². The molecule has 0 aromatic heterocycles. The van der Waals surface area contributed by atoms with E-state index >= 15 is 0 Å². The molecule has 2 fully saturated rings. The lowest BCUT2D eigenvalue weighted by atomic mass is 9.57. The largest absolute Gasteiger partial charge is 0.481 e. The van der Waals surface area contributed by atoms with Crippen molar-refractivity contribution in [1.29, 1.82) is 0 Å². The molecule has 0 amide bonds. The molecule has 5 heteroatoms. The van der Waals surface area contributed by atoms with Crippen LogP contribution in [0.1, 0.15) is 32.1 Å². The fraction of sp³-hybridized carbons (Fsp3) is 0.818. The molecule has 4 N–H and O–H groups in total. The highest BCUT2D eigenvalue weighted by atomic mass is 16.4. The van der Waals surface area contributed by atoms with Gasteiger partial charge in [0.2, 0.25) is 0 Å². The standard InChI is InChI=1S/C11H17NO4/c12-11(10(15)16)7-2-1-3-8(11)5-6(4-7)9(13)14/h6-8H,1-5,12H2,(H,13,14)(H,15,16)/t6?,7-,8-,11?/m1/s1. The summed E-state index contributed by atoms with van der Waals surface area (Å²) in [6.07, 6.45) is 3.27. The van der Waals surface area contributed by atoms with Crippen molar-refractivity contribution in [2.24, 2.45) is 23.5 Å². The lowest BCUT2D eigenvalue weighted by Gasteiger charge is -2.49. The normalized spacial score (nSPS) is 42.7. The van der Waals surface area contributed by atoms with Crippen molar-refractivity contribution in [3.63, 3.8) is 0 Å². The molecule has 90 valence electrons. The van der Waals surface area contributed by atoms with Crippen molar-refractivity contribution >= 4 is 11.9 Å². The first kappa shape index (κ1) is 11.4. The highest BCUT2D eigenvalue weighted by molar-refractivity contribution is 5.81. The molecule has 2 aliphatic rings. The van der Waals surface area contributed by atoms with Gasteiger partial charge in [-0.05, 0) is 37.5 Å².